The van der Waals surface area contributed by atoms with Crippen molar-refractivity contribution in [3.8, 4) is 0 Å². The summed E-state index contributed by atoms with van der Waals surface area (Å²) in [6.45, 7) is 5.15. The fraction of sp³-hybridized carbons (Fsp3) is 0.556. The smallest absolute Gasteiger partial charge is 0.303 e. The number of ether oxygens (including phenoxy) is 1. The lowest BCUT2D eigenvalue weighted by Gasteiger charge is -2.33. The van der Waals surface area contributed by atoms with Crippen LogP contribution in [0.3, 0.4) is 0 Å². The number of nitrogens with one attached hydrogen (secondary N) is 1. The highest BCUT2D eigenvalue weighted by molar-refractivity contribution is 5.90. The fourth-order valence-electron chi connectivity index (χ4n) is 1.18. The number of carbonyl (C=O) groups is 2. The van der Waals surface area contributed by atoms with E-state index in [2.05, 4.69) is 5.32 Å². The Morgan fingerprint density at radius 2 is 2.08 bits per heavy atom. The van der Waals surface area contributed by atoms with E-state index >= 15 is 0 Å². The molecule has 72 valence electrons. The third-order valence-corrected chi connectivity index (χ3v) is 1.70. The molecule has 1 saturated heterocycles. The maximum absolute atomic E-state index is 10.9. The maximum Gasteiger partial charge on any atom is 0.303 e. The van der Waals surface area contributed by atoms with Crippen molar-refractivity contribution in [2.75, 3.05) is 0 Å². The summed E-state index contributed by atoms with van der Waals surface area (Å²) in [6.07, 6.45) is 1.24. The van der Waals surface area contributed by atoms with Gasteiger partial charge in [-0.1, -0.05) is 11.6 Å². The zero-order valence-corrected chi connectivity index (χ0v) is 7.96. The lowest BCUT2D eigenvalue weighted by Crippen LogP contribution is -2.62. The molecular weight excluding hydrogens is 170 g/mol. The van der Waals surface area contributed by atoms with E-state index in [-0.39, 0.29) is 11.9 Å². The van der Waals surface area contributed by atoms with E-state index in [0.29, 0.717) is 0 Å². The predicted molar refractivity (Wildman–Crippen MR) is 46.9 cm³/mol. The number of allylic oxidation sites excluding steroid dienone is 1. The molecular formula is C9H13NO3. The van der Waals surface area contributed by atoms with Crippen molar-refractivity contribution in [3.05, 3.63) is 11.6 Å². The molecule has 13 heavy (non-hydrogen) atoms. The van der Waals surface area contributed by atoms with Crippen molar-refractivity contribution >= 4 is 11.9 Å². The number of carbonyl (C=O) groups excluding carboxylic acids is 2. The van der Waals surface area contributed by atoms with Crippen molar-refractivity contribution in [2.24, 2.45) is 0 Å². The molecule has 0 aromatic carbocycles. The molecule has 0 aromatic rings. The summed E-state index contributed by atoms with van der Waals surface area (Å²) in [5, 5.41) is 2.64. The van der Waals surface area contributed by atoms with Gasteiger partial charge in [-0.2, -0.15) is 0 Å². The van der Waals surface area contributed by atoms with Crippen LogP contribution in [-0.4, -0.2) is 24.0 Å². The Bertz CT molecular complexity index is 266. The minimum atomic E-state index is -0.632. The Morgan fingerprint density at radius 3 is 2.46 bits per heavy atom. The summed E-state index contributed by atoms with van der Waals surface area (Å²) in [6, 6.07) is -0.151. The average molecular weight is 183 g/mol. The van der Waals surface area contributed by atoms with Gasteiger partial charge in [0.15, 0.2) is 0 Å². The number of hydrogen-bond donors (Lipinski definition) is 1. The zero-order valence-electron chi connectivity index (χ0n) is 7.96. The molecule has 1 amide bonds. The van der Waals surface area contributed by atoms with Gasteiger partial charge in [-0.25, -0.2) is 0 Å². The summed E-state index contributed by atoms with van der Waals surface area (Å²) < 4.78 is 4.82. The largest absolute Gasteiger partial charge is 0.450 e. The number of esters is 1. The topological polar surface area (TPSA) is 55.4 Å². The van der Waals surface area contributed by atoms with Crippen molar-refractivity contribution < 1.29 is 14.3 Å². The van der Waals surface area contributed by atoms with Gasteiger partial charge in [0, 0.05) is 6.92 Å². The Labute approximate surface area is 76.9 Å². The molecule has 0 aromatic heterocycles. The van der Waals surface area contributed by atoms with E-state index in [1.54, 1.807) is 0 Å². The third kappa shape index (κ3) is 2.31. The lowest BCUT2D eigenvalue weighted by molar-refractivity contribution is -0.162. The molecule has 0 spiro atoms. The Hall–Kier alpha value is -1.32. The van der Waals surface area contributed by atoms with Crippen molar-refractivity contribution in [3.63, 3.8) is 0 Å². The van der Waals surface area contributed by atoms with Gasteiger partial charge in [0.05, 0.1) is 6.04 Å². The number of rotatable bonds is 2. The fourth-order valence-corrected chi connectivity index (χ4v) is 1.18. The van der Waals surface area contributed by atoms with Crippen LogP contribution in [0.4, 0.5) is 0 Å². The molecule has 4 nitrogen and oxygen atoms in total. The Balaban J connectivity index is 2.56. The number of β-lactam (4-membered cyclic amide) rings is 1. The molecule has 0 bridgehead atoms. The van der Waals surface area contributed by atoms with Gasteiger partial charge in [0.1, 0.15) is 0 Å². The third-order valence-electron chi connectivity index (χ3n) is 1.70. The Kier molecular flexibility index (Phi) is 2.70. The molecule has 1 rings (SSSR count). The van der Waals surface area contributed by atoms with Gasteiger partial charge in [0.2, 0.25) is 6.10 Å². The summed E-state index contributed by atoms with van der Waals surface area (Å²) in [4.78, 5) is 21.5. The first kappa shape index (κ1) is 9.77. The summed E-state index contributed by atoms with van der Waals surface area (Å²) in [7, 11) is 0. The second-order valence-corrected chi connectivity index (χ2v) is 3.31. The van der Waals surface area contributed by atoms with E-state index in [4.69, 9.17) is 4.74 Å². The highest BCUT2D eigenvalue weighted by atomic mass is 16.6. The first-order chi connectivity index (χ1) is 6.00. The molecule has 0 aliphatic carbocycles. The van der Waals surface area contributed by atoms with Crippen LogP contribution in [0.1, 0.15) is 20.8 Å². The molecule has 4 heteroatoms. The van der Waals surface area contributed by atoms with Crippen LogP contribution in [0.15, 0.2) is 11.6 Å². The average Bonchev–Trinajstić information content (AvgIpc) is 1.99. The van der Waals surface area contributed by atoms with Gasteiger partial charge >= 0.3 is 5.97 Å². The lowest BCUT2D eigenvalue weighted by atomic mass is 10.00. The molecule has 2 atom stereocenters. The van der Waals surface area contributed by atoms with Gasteiger partial charge in [0.25, 0.3) is 5.91 Å². The first-order valence-corrected chi connectivity index (χ1v) is 4.13. The standard InChI is InChI=1S/C9H13NO3/c1-5(2)4-7-8(9(12)10-7)13-6(3)11/h4,7-8H,1-3H3,(H,10,12)/t7-,8+/m0/s1. The maximum atomic E-state index is 10.9. The number of amides is 1. The molecule has 0 saturated carbocycles. The van der Waals surface area contributed by atoms with Crippen LogP contribution in [-0.2, 0) is 14.3 Å². The summed E-state index contributed by atoms with van der Waals surface area (Å²) >= 11 is 0. The van der Waals surface area contributed by atoms with Gasteiger partial charge in [-0.15, -0.1) is 0 Å². The van der Waals surface area contributed by atoms with E-state index in [1.165, 1.54) is 6.92 Å². The minimum absolute atomic E-state index is 0.151. The molecule has 1 aliphatic heterocycles. The van der Waals surface area contributed by atoms with E-state index < -0.39 is 12.1 Å². The summed E-state index contributed by atoms with van der Waals surface area (Å²) in [5.41, 5.74) is 1.09. The minimum Gasteiger partial charge on any atom is -0.450 e. The second kappa shape index (κ2) is 3.60. The van der Waals surface area contributed by atoms with Crippen molar-refractivity contribution in [1.29, 1.82) is 0 Å². The molecule has 1 fully saturated rings. The van der Waals surface area contributed by atoms with Crippen LogP contribution < -0.4 is 5.32 Å². The van der Waals surface area contributed by atoms with E-state index in [0.717, 1.165) is 5.57 Å². The van der Waals surface area contributed by atoms with Crippen LogP contribution >= 0.6 is 0 Å². The predicted octanol–water partition coefficient (Wildman–Crippen LogP) is 0.383. The highest BCUT2D eigenvalue weighted by Gasteiger charge is 2.40. The van der Waals surface area contributed by atoms with Crippen molar-refractivity contribution in [1.82, 2.24) is 5.32 Å². The molecule has 1 heterocycles. The number of hydrogen-bond acceptors (Lipinski definition) is 3. The summed E-state index contributed by atoms with van der Waals surface area (Å²) in [5.74, 6) is -0.648. The normalized spacial score (nSPS) is 25.6. The molecule has 1 aliphatic rings. The molecule has 0 radical (unpaired) electrons. The zero-order chi connectivity index (χ0) is 10.0. The van der Waals surface area contributed by atoms with Crippen LogP contribution in [0.2, 0.25) is 0 Å². The van der Waals surface area contributed by atoms with E-state index in [9.17, 15) is 9.59 Å². The monoisotopic (exact) mass is 183 g/mol. The first-order valence-electron chi connectivity index (χ1n) is 4.13. The molecule has 0 unspecified atom stereocenters. The highest BCUT2D eigenvalue weighted by Crippen LogP contribution is 2.13. The van der Waals surface area contributed by atoms with Crippen LogP contribution in [0, 0.1) is 0 Å². The SMILES string of the molecule is CC(=O)O[C@H]1C(=O)N[C@H]1C=C(C)C. The Morgan fingerprint density at radius 1 is 1.46 bits per heavy atom. The van der Waals surface area contributed by atoms with Gasteiger partial charge in [-0.3, -0.25) is 9.59 Å². The van der Waals surface area contributed by atoms with Crippen molar-refractivity contribution in [2.45, 2.75) is 32.9 Å². The molecule has 1 N–H and O–H groups in total. The van der Waals surface area contributed by atoms with Gasteiger partial charge in [-0.05, 0) is 13.8 Å². The quantitative estimate of drug-likeness (QED) is 0.382. The van der Waals surface area contributed by atoms with Crippen LogP contribution in [0.5, 0.6) is 0 Å². The second-order valence-electron chi connectivity index (χ2n) is 3.31. The van der Waals surface area contributed by atoms with Gasteiger partial charge < -0.3 is 10.1 Å². The van der Waals surface area contributed by atoms with Crippen LogP contribution in [0.25, 0.3) is 0 Å². The van der Waals surface area contributed by atoms with E-state index in [1.807, 2.05) is 19.9 Å².